The standard InChI is InChI=1S/C25H32N4O3/c1-14-5-9-17(13-26-14)27-23(31)18(10-8-16-6-7-16)29-24(32)22-15(2)21-19(28-22)11-25(3,4)12-20(21)30/h5,9,13,16,18,28H,6-8,10-12H2,1-4H3,(H,27,31)(H,29,32)/t18-/m1/s1. The Morgan fingerprint density at radius 1 is 1.22 bits per heavy atom. The third kappa shape index (κ3) is 4.92. The van der Waals surface area contributed by atoms with Crippen LogP contribution >= 0.6 is 0 Å². The minimum Gasteiger partial charge on any atom is -0.354 e. The molecule has 4 rings (SSSR count). The second-order valence-electron chi connectivity index (χ2n) is 10.1. The molecule has 0 saturated heterocycles. The fraction of sp³-hybridized carbons (Fsp3) is 0.520. The van der Waals surface area contributed by atoms with E-state index in [2.05, 4.69) is 34.4 Å². The highest BCUT2D eigenvalue weighted by atomic mass is 16.2. The van der Waals surface area contributed by atoms with Crippen LogP contribution in [0.1, 0.15) is 83.7 Å². The molecule has 0 unspecified atom stereocenters. The van der Waals surface area contributed by atoms with Gasteiger partial charge in [0.15, 0.2) is 5.78 Å². The van der Waals surface area contributed by atoms with Gasteiger partial charge in [-0.1, -0.05) is 26.7 Å². The topological polar surface area (TPSA) is 104 Å². The lowest BCUT2D eigenvalue weighted by molar-refractivity contribution is -0.118. The van der Waals surface area contributed by atoms with Gasteiger partial charge in [0, 0.05) is 23.4 Å². The van der Waals surface area contributed by atoms with Crippen molar-refractivity contribution in [2.75, 3.05) is 5.32 Å². The SMILES string of the molecule is Cc1ccc(NC(=O)[C@@H](CCC2CC2)NC(=O)c2[nH]c3c(c2C)C(=O)CC(C)(C)C3)cn1. The molecule has 2 aliphatic rings. The van der Waals surface area contributed by atoms with Crippen molar-refractivity contribution >= 4 is 23.3 Å². The zero-order valence-corrected chi connectivity index (χ0v) is 19.3. The fourth-order valence-electron chi connectivity index (χ4n) is 4.54. The average Bonchev–Trinajstić information content (AvgIpc) is 3.48. The van der Waals surface area contributed by atoms with E-state index >= 15 is 0 Å². The molecule has 2 heterocycles. The number of amides is 2. The number of anilines is 1. The molecule has 7 nitrogen and oxygen atoms in total. The van der Waals surface area contributed by atoms with Gasteiger partial charge in [0.1, 0.15) is 11.7 Å². The predicted octanol–water partition coefficient (Wildman–Crippen LogP) is 4.11. The lowest BCUT2D eigenvalue weighted by Gasteiger charge is -2.28. The lowest BCUT2D eigenvalue weighted by atomic mass is 9.75. The van der Waals surface area contributed by atoms with Crippen molar-refractivity contribution < 1.29 is 14.4 Å². The van der Waals surface area contributed by atoms with Crippen LogP contribution < -0.4 is 10.6 Å². The van der Waals surface area contributed by atoms with Crippen molar-refractivity contribution in [1.29, 1.82) is 0 Å². The summed E-state index contributed by atoms with van der Waals surface area (Å²) in [6, 6.07) is 2.98. The monoisotopic (exact) mass is 436 g/mol. The van der Waals surface area contributed by atoms with Gasteiger partial charge < -0.3 is 15.6 Å². The molecule has 2 aliphatic carbocycles. The molecule has 0 spiro atoms. The Hall–Kier alpha value is -2.96. The normalized spacial score (nSPS) is 18.1. The highest BCUT2D eigenvalue weighted by Crippen LogP contribution is 2.37. The molecule has 2 aromatic heterocycles. The maximum atomic E-state index is 13.2. The lowest BCUT2D eigenvalue weighted by Crippen LogP contribution is -2.44. The van der Waals surface area contributed by atoms with Gasteiger partial charge in [0.25, 0.3) is 5.91 Å². The summed E-state index contributed by atoms with van der Waals surface area (Å²) in [6.45, 7) is 7.80. The second-order valence-corrected chi connectivity index (χ2v) is 10.1. The first-order valence-electron chi connectivity index (χ1n) is 11.4. The molecule has 7 heteroatoms. The molecule has 3 N–H and O–H groups in total. The van der Waals surface area contributed by atoms with Crippen LogP contribution in [-0.4, -0.2) is 33.6 Å². The summed E-state index contributed by atoms with van der Waals surface area (Å²) < 4.78 is 0. The van der Waals surface area contributed by atoms with Gasteiger partial charge in [-0.2, -0.15) is 0 Å². The molecule has 2 aromatic rings. The number of pyridine rings is 1. The van der Waals surface area contributed by atoms with Gasteiger partial charge in [0.2, 0.25) is 5.91 Å². The van der Waals surface area contributed by atoms with E-state index in [1.165, 1.54) is 12.8 Å². The molecule has 32 heavy (non-hydrogen) atoms. The Bertz CT molecular complexity index is 1050. The quantitative estimate of drug-likeness (QED) is 0.608. The third-order valence-corrected chi connectivity index (χ3v) is 6.49. The van der Waals surface area contributed by atoms with E-state index in [1.54, 1.807) is 19.2 Å². The average molecular weight is 437 g/mol. The number of fused-ring (bicyclic) bond motifs is 1. The van der Waals surface area contributed by atoms with E-state index in [4.69, 9.17) is 0 Å². The van der Waals surface area contributed by atoms with Crippen molar-refractivity contribution in [3.05, 3.63) is 46.5 Å². The van der Waals surface area contributed by atoms with Crippen molar-refractivity contribution in [1.82, 2.24) is 15.3 Å². The summed E-state index contributed by atoms with van der Waals surface area (Å²) >= 11 is 0. The molecule has 0 aromatic carbocycles. The van der Waals surface area contributed by atoms with Gasteiger partial charge in [0.05, 0.1) is 11.9 Å². The van der Waals surface area contributed by atoms with Crippen LogP contribution in [0.15, 0.2) is 18.3 Å². The van der Waals surface area contributed by atoms with E-state index in [0.717, 1.165) is 17.8 Å². The molecule has 0 aliphatic heterocycles. The summed E-state index contributed by atoms with van der Waals surface area (Å²) in [5.41, 5.74) is 3.84. The number of Topliss-reactive ketones (excluding diaryl/α,β-unsaturated/α-hetero) is 1. The minimum absolute atomic E-state index is 0.0685. The number of aryl methyl sites for hydroxylation is 1. The van der Waals surface area contributed by atoms with Crippen LogP contribution in [0.5, 0.6) is 0 Å². The molecular weight excluding hydrogens is 404 g/mol. The molecule has 2 amide bonds. The van der Waals surface area contributed by atoms with Crippen molar-refractivity contribution in [3.63, 3.8) is 0 Å². The largest absolute Gasteiger partial charge is 0.354 e. The number of ketones is 1. The van der Waals surface area contributed by atoms with Gasteiger partial charge in [-0.25, -0.2) is 0 Å². The first-order chi connectivity index (χ1) is 15.1. The molecule has 1 fully saturated rings. The van der Waals surface area contributed by atoms with E-state index in [-0.39, 0.29) is 23.0 Å². The Morgan fingerprint density at radius 2 is 1.97 bits per heavy atom. The molecule has 1 atom stereocenters. The van der Waals surface area contributed by atoms with E-state index in [9.17, 15) is 14.4 Å². The highest BCUT2D eigenvalue weighted by molar-refractivity contribution is 6.06. The number of nitrogens with zero attached hydrogens (tertiary/aromatic N) is 1. The van der Waals surface area contributed by atoms with Crippen LogP contribution in [-0.2, 0) is 11.2 Å². The number of rotatable bonds is 7. The molecule has 1 saturated carbocycles. The summed E-state index contributed by atoms with van der Waals surface area (Å²) in [6.07, 6.45) is 6.65. The first-order valence-corrected chi connectivity index (χ1v) is 11.4. The summed E-state index contributed by atoms with van der Waals surface area (Å²) in [7, 11) is 0. The van der Waals surface area contributed by atoms with Crippen molar-refractivity contribution in [2.45, 2.75) is 72.3 Å². The van der Waals surface area contributed by atoms with Crippen LogP contribution in [0.2, 0.25) is 0 Å². The van der Waals surface area contributed by atoms with Gasteiger partial charge in [-0.05, 0) is 62.1 Å². The number of H-pyrrole nitrogens is 1. The van der Waals surface area contributed by atoms with E-state index in [1.807, 2.05) is 13.0 Å². The number of hydrogen-bond acceptors (Lipinski definition) is 4. The first kappa shape index (κ1) is 22.2. The van der Waals surface area contributed by atoms with Crippen molar-refractivity contribution in [2.24, 2.45) is 11.3 Å². The minimum atomic E-state index is -0.656. The number of aromatic nitrogens is 2. The summed E-state index contributed by atoms with van der Waals surface area (Å²) in [5.74, 6) is 0.109. The Balaban J connectivity index is 1.51. The second kappa shape index (κ2) is 8.52. The number of carbonyl (C=O) groups excluding carboxylic acids is 3. The van der Waals surface area contributed by atoms with E-state index in [0.29, 0.717) is 47.7 Å². The van der Waals surface area contributed by atoms with Crippen LogP contribution in [0.25, 0.3) is 0 Å². The highest BCUT2D eigenvalue weighted by Gasteiger charge is 2.36. The smallest absolute Gasteiger partial charge is 0.268 e. The predicted molar refractivity (Wildman–Crippen MR) is 123 cm³/mol. The van der Waals surface area contributed by atoms with Gasteiger partial charge >= 0.3 is 0 Å². The number of aromatic amines is 1. The van der Waals surface area contributed by atoms with Crippen LogP contribution in [0.3, 0.4) is 0 Å². The van der Waals surface area contributed by atoms with E-state index < -0.39 is 6.04 Å². The zero-order chi connectivity index (χ0) is 23.0. The van der Waals surface area contributed by atoms with Crippen molar-refractivity contribution in [3.8, 4) is 0 Å². The fourth-order valence-corrected chi connectivity index (χ4v) is 4.54. The maximum Gasteiger partial charge on any atom is 0.268 e. The maximum absolute atomic E-state index is 13.2. The Kier molecular flexibility index (Phi) is 5.93. The molecular formula is C25H32N4O3. The molecule has 0 bridgehead atoms. The molecule has 170 valence electrons. The summed E-state index contributed by atoms with van der Waals surface area (Å²) in [4.78, 5) is 46.3. The third-order valence-electron chi connectivity index (χ3n) is 6.49. The summed E-state index contributed by atoms with van der Waals surface area (Å²) in [5, 5.41) is 5.79. The number of nitrogens with one attached hydrogen (secondary N) is 3. The van der Waals surface area contributed by atoms with Gasteiger partial charge in [-0.3, -0.25) is 19.4 Å². The van der Waals surface area contributed by atoms with Crippen LogP contribution in [0.4, 0.5) is 5.69 Å². The number of hydrogen-bond donors (Lipinski definition) is 3. The zero-order valence-electron chi connectivity index (χ0n) is 19.3. The van der Waals surface area contributed by atoms with Gasteiger partial charge in [-0.15, -0.1) is 0 Å². The van der Waals surface area contributed by atoms with Crippen LogP contribution in [0, 0.1) is 25.2 Å². The molecule has 0 radical (unpaired) electrons. The Morgan fingerprint density at radius 3 is 2.62 bits per heavy atom. The number of carbonyl (C=O) groups is 3. The Labute approximate surface area is 188 Å².